The van der Waals surface area contributed by atoms with Crippen LogP contribution < -0.4 is 0 Å². The number of aliphatic hydroxyl groups excluding tert-OH is 1. The zero-order valence-electron chi connectivity index (χ0n) is 68.7. The van der Waals surface area contributed by atoms with Crippen molar-refractivity contribution in [3.05, 3.63) is 0 Å². The lowest BCUT2D eigenvalue weighted by Crippen LogP contribution is -2.30. The van der Waals surface area contributed by atoms with Gasteiger partial charge in [-0.2, -0.15) is 0 Å². The fourth-order valence-electron chi connectivity index (χ4n) is 13.5. The van der Waals surface area contributed by atoms with E-state index in [0.717, 1.165) is 103 Å². The summed E-state index contributed by atoms with van der Waals surface area (Å²) in [6.45, 7) is 5.02. The van der Waals surface area contributed by atoms with Crippen molar-refractivity contribution in [3.63, 3.8) is 0 Å². The minimum atomic E-state index is -4.96. The molecule has 0 aromatic heterocycles. The van der Waals surface area contributed by atoms with Gasteiger partial charge in [0.05, 0.1) is 26.4 Å². The molecule has 0 aliphatic heterocycles. The molecule has 105 heavy (non-hydrogen) atoms. The second-order valence-electron chi connectivity index (χ2n) is 30.9. The van der Waals surface area contributed by atoms with Crippen LogP contribution >= 0.6 is 15.6 Å². The van der Waals surface area contributed by atoms with E-state index in [2.05, 4.69) is 27.7 Å². The van der Waals surface area contributed by atoms with Crippen molar-refractivity contribution in [2.75, 3.05) is 39.6 Å². The Balaban J connectivity index is 5.15. The van der Waals surface area contributed by atoms with Crippen molar-refractivity contribution in [2.24, 2.45) is 0 Å². The molecule has 19 heteroatoms. The van der Waals surface area contributed by atoms with Crippen LogP contribution in [0.5, 0.6) is 0 Å². The molecule has 2 unspecified atom stereocenters. The molecule has 0 aliphatic rings. The Kier molecular flexibility index (Phi) is 78.6. The summed E-state index contributed by atoms with van der Waals surface area (Å²) >= 11 is 0. The van der Waals surface area contributed by atoms with Crippen molar-refractivity contribution < 1.29 is 80.2 Å². The van der Waals surface area contributed by atoms with E-state index >= 15 is 0 Å². The molecule has 0 saturated heterocycles. The zero-order valence-corrected chi connectivity index (χ0v) is 70.5. The number of hydrogen-bond donors (Lipinski definition) is 3. The smallest absolute Gasteiger partial charge is 0.462 e. The number of carbonyl (C=O) groups excluding carboxylic acids is 4. The highest BCUT2D eigenvalue weighted by Crippen LogP contribution is 2.45. The molecule has 624 valence electrons. The predicted molar refractivity (Wildman–Crippen MR) is 432 cm³/mol. The fraction of sp³-hybridized carbons (Fsp3) is 0.953. The Bertz CT molecular complexity index is 1980. The molecule has 0 radical (unpaired) electrons. The number of rotatable bonds is 87. The fourth-order valence-corrected chi connectivity index (χ4v) is 15.1. The van der Waals surface area contributed by atoms with Gasteiger partial charge in [-0.05, 0) is 25.7 Å². The quantitative estimate of drug-likeness (QED) is 0.0222. The third-order valence-electron chi connectivity index (χ3n) is 20.4. The molecule has 0 bridgehead atoms. The standard InChI is InChI=1S/C86H168O17P2/c1-5-9-13-17-21-24-27-30-33-36-39-41-44-46-49-52-55-59-63-67-71-84(89)97-77-82(103-86(91)73-69-65-61-57-54-51-48-45-42-40-37-34-31-28-25-22-18-14-10-6-2)79-101-105(94,95)99-75-80(87)74-98-104(92,93)100-78-81(76-96-83(88)70-66-62-58-20-16-12-8-4)102-85(90)72-68-64-60-56-53-50-47-43-38-35-32-29-26-23-19-15-11-7-3/h80-82,87H,5-79H2,1-4H3,(H,92,93)(H,94,95)/t80-,81+,82+/m0/s1. The molecule has 0 spiro atoms. The molecule has 0 aliphatic carbocycles. The Morgan fingerprint density at radius 3 is 0.562 bits per heavy atom. The molecule has 5 atom stereocenters. The molecule has 0 fully saturated rings. The molecule has 0 saturated carbocycles. The predicted octanol–water partition coefficient (Wildman–Crippen LogP) is 26.5. The molecule has 0 rings (SSSR count). The highest BCUT2D eigenvalue weighted by atomic mass is 31.2. The number of phosphoric acid groups is 2. The molecule has 0 aromatic rings. The summed E-state index contributed by atoms with van der Waals surface area (Å²) in [5.74, 6) is -2.10. The van der Waals surface area contributed by atoms with Crippen LogP contribution in [0.15, 0.2) is 0 Å². The monoisotopic (exact) mass is 1540 g/mol. The normalized spacial score (nSPS) is 13.7. The number of phosphoric ester groups is 2. The van der Waals surface area contributed by atoms with Crippen molar-refractivity contribution in [2.45, 2.75) is 489 Å². The SMILES string of the molecule is CCCCCCCCCCCCCCCCCCCCCCC(=O)OC[C@H](COP(=O)(O)OC[C@@H](O)COP(=O)(O)OC[C@@H](COC(=O)CCCCCCCCC)OC(=O)CCCCCCCCCCCCCCCCCCCC)OC(=O)CCCCCCCCCCCCCCCCCCCCCC. The first kappa shape index (κ1) is 103. The van der Waals surface area contributed by atoms with Gasteiger partial charge in [0.15, 0.2) is 12.2 Å². The summed E-state index contributed by atoms with van der Waals surface area (Å²) in [6.07, 6.45) is 75.3. The summed E-state index contributed by atoms with van der Waals surface area (Å²) in [5, 5.41) is 10.7. The second-order valence-corrected chi connectivity index (χ2v) is 33.8. The van der Waals surface area contributed by atoms with Crippen LogP contribution in [0.2, 0.25) is 0 Å². The highest BCUT2D eigenvalue weighted by Gasteiger charge is 2.30. The molecular weight excluding hydrogens is 1370 g/mol. The number of ether oxygens (including phenoxy) is 4. The van der Waals surface area contributed by atoms with Gasteiger partial charge in [-0.15, -0.1) is 0 Å². The lowest BCUT2D eigenvalue weighted by atomic mass is 10.0. The van der Waals surface area contributed by atoms with Gasteiger partial charge in [0.2, 0.25) is 0 Å². The van der Waals surface area contributed by atoms with Gasteiger partial charge in [-0.3, -0.25) is 37.3 Å². The highest BCUT2D eigenvalue weighted by molar-refractivity contribution is 7.47. The van der Waals surface area contributed by atoms with E-state index in [1.807, 2.05) is 0 Å². The number of aliphatic hydroxyl groups is 1. The largest absolute Gasteiger partial charge is 0.472 e. The summed E-state index contributed by atoms with van der Waals surface area (Å²) in [4.78, 5) is 73.1. The van der Waals surface area contributed by atoms with Crippen LogP contribution in [-0.2, 0) is 65.4 Å². The number of carbonyl (C=O) groups is 4. The Morgan fingerprint density at radius 2 is 0.381 bits per heavy atom. The van der Waals surface area contributed by atoms with E-state index in [9.17, 15) is 43.2 Å². The second kappa shape index (κ2) is 80.1. The van der Waals surface area contributed by atoms with Crippen LogP contribution in [0.1, 0.15) is 471 Å². The number of hydrogen-bond acceptors (Lipinski definition) is 15. The Morgan fingerprint density at radius 1 is 0.229 bits per heavy atom. The van der Waals surface area contributed by atoms with Crippen molar-refractivity contribution >= 4 is 39.5 Å². The van der Waals surface area contributed by atoms with Crippen molar-refractivity contribution in [1.82, 2.24) is 0 Å². The topological polar surface area (TPSA) is 237 Å². The van der Waals surface area contributed by atoms with Crippen LogP contribution in [0, 0.1) is 0 Å². The van der Waals surface area contributed by atoms with E-state index in [4.69, 9.17) is 37.0 Å². The summed E-state index contributed by atoms with van der Waals surface area (Å²) < 4.78 is 68.8. The summed E-state index contributed by atoms with van der Waals surface area (Å²) in [6, 6.07) is 0. The lowest BCUT2D eigenvalue weighted by molar-refractivity contribution is -0.161. The number of esters is 4. The van der Waals surface area contributed by atoms with Gasteiger partial charge < -0.3 is 33.8 Å². The summed E-state index contributed by atoms with van der Waals surface area (Å²) in [7, 11) is -9.92. The van der Waals surface area contributed by atoms with Crippen LogP contribution in [0.3, 0.4) is 0 Å². The average molecular weight is 1540 g/mol. The van der Waals surface area contributed by atoms with Gasteiger partial charge in [0.25, 0.3) is 0 Å². The molecule has 3 N–H and O–H groups in total. The van der Waals surface area contributed by atoms with Crippen LogP contribution in [-0.4, -0.2) is 96.7 Å². The van der Waals surface area contributed by atoms with Crippen molar-refractivity contribution in [3.8, 4) is 0 Å². The summed E-state index contributed by atoms with van der Waals surface area (Å²) in [5.41, 5.74) is 0. The Labute approximate surface area is 645 Å². The molecule has 17 nitrogen and oxygen atoms in total. The third kappa shape index (κ3) is 79.9. The van der Waals surface area contributed by atoms with Gasteiger partial charge in [-0.1, -0.05) is 419 Å². The average Bonchev–Trinajstić information content (AvgIpc) is 0.909. The zero-order chi connectivity index (χ0) is 76.7. The van der Waals surface area contributed by atoms with Gasteiger partial charge in [-0.25, -0.2) is 9.13 Å². The number of unbranched alkanes of at least 4 members (excludes halogenated alkanes) is 61. The Hall–Kier alpha value is -1.94. The molecule has 0 aromatic carbocycles. The van der Waals surface area contributed by atoms with E-state index in [-0.39, 0.29) is 25.7 Å². The van der Waals surface area contributed by atoms with E-state index in [0.29, 0.717) is 25.7 Å². The van der Waals surface area contributed by atoms with Crippen LogP contribution in [0.25, 0.3) is 0 Å². The molecule has 0 heterocycles. The third-order valence-corrected chi connectivity index (χ3v) is 22.3. The van der Waals surface area contributed by atoms with Gasteiger partial charge >= 0.3 is 39.5 Å². The minimum Gasteiger partial charge on any atom is -0.462 e. The van der Waals surface area contributed by atoms with Crippen LogP contribution in [0.4, 0.5) is 0 Å². The minimum absolute atomic E-state index is 0.109. The van der Waals surface area contributed by atoms with Gasteiger partial charge in [0, 0.05) is 25.7 Å². The maximum Gasteiger partial charge on any atom is 0.472 e. The van der Waals surface area contributed by atoms with E-state index in [1.165, 1.54) is 289 Å². The molecule has 0 amide bonds. The van der Waals surface area contributed by atoms with Gasteiger partial charge in [0.1, 0.15) is 19.3 Å². The van der Waals surface area contributed by atoms with Crippen molar-refractivity contribution in [1.29, 1.82) is 0 Å². The molecular formula is C86H168O17P2. The van der Waals surface area contributed by atoms with E-state index in [1.54, 1.807) is 0 Å². The first-order valence-electron chi connectivity index (χ1n) is 44.8. The maximum atomic E-state index is 13.1. The first-order chi connectivity index (χ1) is 51.2. The first-order valence-corrected chi connectivity index (χ1v) is 47.8. The van der Waals surface area contributed by atoms with E-state index < -0.39 is 97.5 Å². The lowest BCUT2D eigenvalue weighted by Gasteiger charge is -2.21. The maximum absolute atomic E-state index is 13.1.